The van der Waals surface area contributed by atoms with Crippen molar-refractivity contribution in [1.82, 2.24) is 0 Å². The van der Waals surface area contributed by atoms with Crippen LogP contribution in [0.4, 0.5) is 10.1 Å². The third kappa shape index (κ3) is 5.47. The van der Waals surface area contributed by atoms with E-state index in [0.717, 1.165) is 16.4 Å². The molecule has 0 unspecified atom stereocenters. The normalized spacial score (nSPS) is 11.0. The molecule has 0 spiro atoms. The lowest BCUT2D eigenvalue weighted by atomic mass is 10.1. The van der Waals surface area contributed by atoms with Gasteiger partial charge in [0.15, 0.2) is 6.61 Å². The van der Waals surface area contributed by atoms with E-state index in [4.69, 9.17) is 16.3 Å². The van der Waals surface area contributed by atoms with Crippen LogP contribution in [0.3, 0.4) is 0 Å². The first-order chi connectivity index (χ1) is 15.8. The summed E-state index contributed by atoms with van der Waals surface area (Å²) in [6.45, 7) is 2.86. The lowest BCUT2D eigenvalue weighted by Gasteiger charge is -2.23. The van der Waals surface area contributed by atoms with E-state index in [1.165, 1.54) is 36.4 Å². The van der Waals surface area contributed by atoms with Crippen molar-refractivity contribution < 1.29 is 27.1 Å². The van der Waals surface area contributed by atoms with Gasteiger partial charge < -0.3 is 4.74 Å². The number of benzene rings is 3. The number of carbonyl (C=O) groups excluding carboxylic acids is 2. The second kappa shape index (κ2) is 10.4. The Labute approximate surface area is 195 Å². The molecule has 0 aliphatic rings. The predicted octanol–water partition coefficient (Wildman–Crippen LogP) is 4.90. The van der Waals surface area contributed by atoms with Gasteiger partial charge in [-0.05, 0) is 42.5 Å². The van der Waals surface area contributed by atoms with Crippen LogP contribution < -0.4 is 4.31 Å². The van der Waals surface area contributed by atoms with Crippen molar-refractivity contribution in [3.05, 3.63) is 107 Å². The maximum absolute atomic E-state index is 13.7. The molecule has 170 valence electrons. The molecule has 0 aliphatic heterocycles. The average molecular weight is 488 g/mol. The molecule has 0 N–H and O–H groups in total. The fourth-order valence-electron chi connectivity index (χ4n) is 2.98. The van der Waals surface area contributed by atoms with Gasteiger partial charge >= 0.3 is 5.97 Å². The second-order valence-corrected chi connectivity index (χ2v) is 9.02. The highest BCUT2D eigenvalue weighted by atomic mass is 35.5. The second-order valence-electron chi connectivity index (χ2n) is 6.78. The maximum atomic E-state index is 13.7. The Bertz CT molecular complexity index is 1300. The van der Waals surface area contributed by atoms with Crippen LogP contribution in [0.2, 0.25) is 5.02 Å². The number of anilines is 1. The van der Waals surface area contributed by atoms with Gasteiger partial charge in [-0.1, -0.05) is 48.0 Å². The molecule has 33 heavy (non-hydrogen) atoms. The van der Waals surface area contributed by atoms with Crippen LogP contribution in [0.15, 0.2) is 90.3 Å². The molecule has 9 heteroatoms. The number of hydrogen-bond donors (Lipinski definition) is 0. The maximum Gasteiger partial charge on any atom is 0.338 e. The Morgan fingerprint density at radius 2 is 1.70 bits per heavy atom. The van der Waals surface area contributed by atoms with Gasteiger partial charge in [0, 0.05) is 0 Å². The van der Waals surface area contributed by atoms with E-state index in [1.54, 1.807) is 30.3 Å². The molecule has 0 atom stereocenters. The van der Waals surface area contributed by atoms with E-state index in [9.17, 15) is 22.4 Å². The van der Waals surface area contributed by atoms with E-state index in [-0.39, 0.29) is 27.6 Å². The predicted molar refractivity (Wildman–Crippen MR) is 124 cm³/mol. The van der Waals surface area contributed by atoms with Crippen LogP contribution in [0, 0.1) is 5.82 Å². The molecule has 0 radical (unpaired) electrons. The van der Waals surface area contributed by atoms with Gasteiger partial charge in [-0.3, -0.25) is 9.10 Å². The Morgan fingerprint density at radius 1 is 1.03 bits per heavy atom. The molecule has 6 nitrogen and oxygen atoms in total. The molecule has 3 rings (SSSR count). The lowest BCUT2D eigenvalue weighted by molar-refractivity contribution is 0.0473. The Kier molecular flexibility index (Phi) is 7.63. The van der Waals surface area contributed by atoms with Crippen molar-refractivity contribution in [2.24, 2.45) is 0 Å². The number of hydrogen-bond acceptors (Lipinski definition) is 5. The van der Waals surface area contributed by atoms with Crippen LogP contribution in [0.25, 0.3) is 0 Å². The minimum absolute atomic E-state index is 0.0332. The Morgan fingerprint density at radius 3 is 2.36 bits per heavy atom. The summed E-state index contributed by atoms with van der Waals surface area (Å²) in [5, 5.41) is -0.0982. The van der Waals surface area contributed by atoms with Crippen LogP contribution in [-0.2, 0) is 14.8 Å². The quantitative estimate of drug-likeness (QED) is 0.243. The number of halogens is 2. The third-order valence-corrected chi connectivity index (χ3v) is 6.86. The van der Waals surface area contributed by atoms with Crippen molar-refractivity contribution in [2.45, 2.75) is 4.90 Å². The first-order valence-electron chi connectivity index (χ1n) is 9.68. The molecule has 3 aromatic carbocycles. The SMILES string of the molecule is C=CCN(c1ccccc1)S(=O)(=O)c1cc(C(=O)OCC(=O)c2ccccc2F)ccc1Cl. The highest BCUT2D eigenvalue weighted by Gasteiger charge is 2.28. The summed E-state index contributed by atoms with van der Waals surface area (Å²) in [4.78, 5) is 24.3. The number of para-hydroxylation sites is 1. The monoisotopic (exact) mass is 487 g/mol. The summed E-state index contributed by atoms with van der Waals surface area (Å²) in [6.07, 6.45) is 1.42. The standard InChI is InChI=1S/C24H19ClFNO5S/c1-2-14-27(18-8-4-3-5-9-18)33(30,31)23-15-17(12-13-20(23)25)24(29)32-16-22(28)19-10-6-7-11-21(19)26/h2-13,15H,1,14,16H2. The molecule has 0 heterocycles. The van der Waals surface area contributed by atoms with E-state index in [2.05, 4.69) is 6.58 Å². The number of ketones is 1. The fraction of sp³-hybridized carbons (Fsp3) is 0.0833. The molecule has 0 amide bonds. The molecular weight excluding hydrogens is 469 g/mol. The zero-order valence-corrected chi connectivity index (χ0v) is 18.9. The molecule has 0 saturated carbocycles. The number of rotatable bonds is 9. The van der Waals surface area contributed by atoms with Crippen LogP contribution >= 0.6 is 11.6 Å². The molecule has 0 aliphatic carbocycles. The smallest absolute Gasteiger partial charge is 0.338 e. The van der Waals surface area contributed by atoms with Crippen molar-refractivity contribution in [2.75, 3.05) is 17.5 Å². The number of sulfonamides is 1. The zero-order valence-electron chi connectivity index (χ0n) is 17.3. The molecule has 0 aromatic heterocycles. The third-order valence-electron chi connectivity index (χ3n) is 4.58. The average Bonchev–Trinajstić information content (AvgIpc) is 2.81. The van der Waals surface area contributed by atoms with E-state index >= 15 is 0 Å². The summed E-state index contributed by atoms with van der Waals surface area (Å²) >= 11 is 6.16. The molecule has 0 fully saturated rings. The number of esters is 1. The number of carbonyl (C=O) groups is 2. The summed E-state index contributed by atoms with van der Waals surface area (Å²) in [6, 6.07) is 17.2. The van der Waals surface area contributed by atoms with Crippen LogP contribution in [-0.4, -0.2) is 33.3 Å². The molecule has 3 aromatic rings. The van der Waals surface area contributed by atoms with Gasteiger partial charge in [0.1, 0.15) is 10.7 Å². The first kappa shape index (κ1) is 24.2. The van der Waals surface area contributed by atoms with Gasteiger partial charge in [0.05, 0.1) is 28.4 Å². The van der Waals surface area contributed by atoms with Gasteiger partial charge in [-0.2, -0.15) is 0 Å². The van der Waals surface area contributed by atoms with Gasteiger partial charge in [-0.25, -0.2) is 17.6 Å². The highest BCUT2D eigenvalue weighted by Crippen LogP contribution is 2.29. The lowest BCUT2D eigenvalue weighted by Crippen LogP contribution is -2.31. The summed E-state index contributed by atoms with van der Waals surface area (Å²) in [5.74, 6) is -2.42. The molecular formula is C24H19ClFNO5S. The molecule has 0 bridgehead atoms. The largest absolute Gasteiger partial charge is 0.454 e. The zero-order chi connectivity index (χ0) is 24.0. The van der Waals surface area contributed by atoms with E-state index < -0.39 is 34.2 Å². The summed E-state index contributed by atoms with van der Waals surface area (Å²) in [7, 11) is -4.18. The molecule has 0 saturated heterocycles. The first-order valence-corrected chi connectivity index (χ1v) is 11.5. The minimum atomic E-state index is -4.18. The van der Waals surface area contributed by atoms with Gasteiger partial charge in [0.2, 0.25) is 5.78 Å². The fourth-order valence-corrected chi connectivity index (χ4v) is 4.92. The summed E-state index contributed by atoms with van der Waals surface area (Å²) < 4.78 is 46.5. The number of Topliss-reactive ketones (excluding diaryl/α,β-unsaturated/α-hetero) is 1. The highest BCUT2D eigenvalue weighted by molar-refractivity contribution is 7.93. The van der Waals surface area contributed by atoms with Crippen LogP contribution in [0.1, 0.15) is 20.7 Å². The minimum Gasteiger partial charge on any atom is -0.454 e. The summed E-state index contributed by atoms with van der Waals surface area (Å²) in [5.41, 5.74) is 0.0375. The van der Waals surface area contributed by atoms with Crippen molar-refractivity contribution in [3.63, 3.8) is 0 Å². The van der Waals surface area contributed by atoms with Gasteiger partial charge in [0.25, 0.3) is 10.0 Å². The van der Waals surface area contributed by atoms with E-state index in [0.29, 0.717) is 5.69 Å². The van der Waals surface area contributed by atoms with Crippen molar-refractivity contribution in [1.29, 1.82) is 0 Å². The Hall–Kier alpha value is -3.49. The van der Waals surface area contributed by atoms with Crippen molar-refractivity contribution >= 4 is 39.1 Å². The van der Waals surface area contributed by atoms with Crippen LogP contribution in [0.5, 0.6) is 0 Å². The topological polar surface area (TPSA) is 80.8 Å². The van der Waals surface area contributed by atoms with Gasteiger partial charge in [-0.15, -0.1) is 6.58 Å². The number of ether oxygens (including phenoxy) is 1. The van der Waals surface area contributed by atoms with Crippen molar-refractivity contribution in [3.8, 4) is 0 Å². The van der Waals surface area contributed by atoms with E-state index in [1.807, 2.05) is 0 Å². The number of nitrogens with zero attached hydrogens (tertiary/aromatic N) is 1. The Balaban J connectivity index is 1.86.